The average Bonchev–Trinajstić information content (AvgIpc) is 3.01. The van der Waals surface area contributed by atoms with Crippen molar-refractivity contribution in [3.8, 4) is 12.3 Å². The maximum atomic E-state index is 14.2. The van der Waals surface area contributed by atoms with E-state index in [1.165, 1.54) is 23.1 Å². The first kappa shape index (κ1) is 18.4. The Kier molecular flexibility index (Phi) is 5.28. The number of halogens is 1. The van der Waals surface area contributed by atoms with E-state index in [0.29, 0.717) is 18.8 Å². The minimum atomic E-state index is -0.857. The van der Waals surface area contributed by atoms with Gasteiger partial charge in [-0.2, -0.15) is 0 Å². The third kappa shape index (κ3) is 3.32. The van der Waals surface area contributed by atoms with Gasteiger partial charge in [-0.15, -0.1) is 6.42 Å². The molecule has 2 amide bonds. The number of benzene rings is 1. The fraction of sp³-hybridized carbons (Fsp3) is 0.500. The zero-order valence-corrected chi connectivity index (χ0v) is 14.8. The fourth-order valence-corrected chi connectivity index (χ4v) is 3.80. The second-order valence-corrected chi connectivity index (χ2v) is 7.03. The van der Waals surface area contributed by atoms with E-state index in [2.05, 4.69) is 18.2 Å². The van der Waals surface area contributed by atoms with Gasteiger partial charge in [0, 0.05) is 0 Å². The zero-order valence-electron chi connectivity index (χ0n) is 14.8. The molecular weight excluding hydrogens is 335 g/mol. The molecule has 26 heavy (non-hydrogen) atoms. The maximum Gasteiger partial charge on any atom is 0.259 e. The molecule has 1 aliphatic carbocycles. The highest BCUT2D eigenvalue weighted by molar-refractivity contribution is 5.98. The first-order valence-corrected chi connectivity index (χ1v) is 8.92. The van der Waals surface area contributed by atoms with Crippen molar-refractivity contribution in [3.05, 3.63) is 35.6 Å². The Bertz CT molecular complexity index is 735. The van der Waals surface area contributed by atoms with Crippen LogP contribution in [0.25, 0.3) is 0 Å². The van der Waals surface area contributed by atoms with Gasteiger partial charge in [0.2, 0.25) is 5.91 Å². The van der Waals surface area contributed by atoms with Gasteiger partial charge in [0.1, 0.15) is 17.6 Å². The SMILES string of the molecule is C#CCNC(=O)C1COC2(CCC(C)CC2)N1C(=O)c1ccccc1F. The Hall–Kier alpha value is -2.39. The lowest BCUT2D eigenvalue weighted by atomic mass is 9.83. The van der Waals surface area contributed by atoms with Gasteiger partial charge in [-0.3, -0.25) is 14.5 Å². The van der Waals surface area contributed by atoms with Crippen molar-refractivity contribution in [2.45, 2.75) is 44.4 Å². The molecule has 1 saturated heterocycles. The topological polar surface area (TPSA) is 58.6 Å². The van der Waals surface area contributed by atoms with E-state index >= 15 is 0 Å². The maximum absolute atomic E-state index is 14.2. The van der Waals surface area contributed by atoms with Crippen LogP contribution in [0.4, 0.5) is 4.39 Å². The van der Waals surface area contributed by atoms with Gasteiger partial charge in [-0.25, -0.2) is 4.39 Å². The summed E-state index contributed by atoms with van der Waals surface area (Å²) in [6.07, 6.45) is 8.25. The third-order valence-electron chi connectivity index (χ3n) is 5.31. The summed E-state index contributed by atoms with van der Waals surface area (Å²) in [6, 6.07) is 5.00. The molecule has 1 atom stereocenters. The van der Waals surface area contributed by atoms with E-state index in [1.54, 1.807) is 6.07 Å². The van der Waals surface area contributed by atoms with Crippen LogP contribution in [0.2, 0.25) is 0 Å². The van der Waals surface area contributed by atoms with E-state index in [-0.39, 0.29) is 24.6 Å². The Morgan fingerprint density at radius 2 is 2.08 bits per heavy atom. The van der Waals surface area contributed by atoms with E-state index in [0.717, 1.165) is 12.8 Å². The Labute approximate surface area is 152 Å². The summed E-state index contributed by atoms with van der Waals surface area (Å²) in [5.41, 5.74) is -0.907. The number of nitrogens with one attached hydrogen (secondary N) is 1. The molecule has 0 radical (unpaired) electrons. The molecular formula is C20H23FN2O3. The monoisotopic (exact) mass is 358 g/mol. The van der Waals surface area contributed by atoms with Crippen molar-refractivity contribution < 1.29 is 18.7 Å². The lowest BCUT2D eigenvalue weighted by molar-refractivity contribution is -0.127. The molecule has 1 aromatic carbocycles. The molecule has 0 bridgehead atoms. The number of terminal acetylenes is 1. The molecule has 1 saturated carbocycles. The highest BCUT2D eigenvalue weighted by atomic mass is 19.1. The van der Waals surface area contributed by atoms with Gasteiger partial charge in [-0.05, 0) is 43.7 Å². The highest BCUT2D eigenvalue weighted by Crippen LogP contribution is 2.43. The summed E-state index contributed by atoms with van der Waals surface area (Å²) < 4.78 is 20.2. The summed E-state index contributed by atoms with van der Waals surface area (Å²) in [6.45, 7) is 2.31. The zero-order chi connectivity index (χ0) is 18.7. The molecule has 5 nitrogen and oxygen atoms in total. The fourth-order valence-electron chi connectivity index (χ4n) is 3.80. The van der Waals surface area contributed by atoms with Crippen LogP contribution in [-0.4, -0.2) is 41.6 Å². The quantitative estimate of drug-likeness (QED) is 0.844. The standard InChI is InChI=1S/C20H23FN2O3/c1-3-12-22-18(24)17-13-26-20(10-8-14(2)9-11-20)23(17)19(25)15-6-4-5-7-16(15)21/h1,4-7,14,17H,8-13H2,2H3,(H,22,24). The minimum Gasteiger partial charge on any atom is -0.353 e. The van der Waals surface area contributed by atoms with E-state index in [9.17, 15) is 14.0 Å². The predicted octanol–water partition coefficient (Wildman–Crippen LogP) is 2.32. The summed E-state index contributed by atoms with van der Waals surface area (Å²) >= 11 is 0. The number of nitrogens with zero attached hydrogens (tertiary/aromatic N) is 1. The molecule has 1 heterocycles. The van der Waals surface area contributed by atoms with Crippen LogP contribution >= 0.6 is 0 Å². The number of hydrogen-bond acceptors (Lipinski definition) is 3. The van der Waals surface area contributed by atoms with Gasteiger partial charge in [0.15, 0.2) is 0 Å². The van der Waals surface area contributed by atoms with E-state index < -0.39 is 23.5 Å². The Balaban J connectivity index is 1.94. The molecule has 2 fully saturated rings. The van der Waals surface area contributed by atoms with Crippen molar-refractivity contribution in [3.63, 3.8) is 0 Å². The van der Waals surface area contributed by atoms with Crippen LogP contribution in [-0.2, 0) is 9.53 Å². The Morgan fingerprint density at radius 1 is 1.38 bits per heavy atom. The van der Waals surface area contributed by atoms with Crippen molar-refractivity contribution in [2.24, 2.45) is 5.92 Å². The molecule has 1 aliphatic heterocycles. The average molecular weight is 358 g/mol. The van der Waals surface area contributed by atoms with Crippen LogP contribution in [0.3, 0.4) is 0 Å². The smallest absolute Gasteiger partial charge is 0.259 e. The molecule has 6 heteroatoms. The van der Waals surface area contributed by atoms with Crippen LogP contribution in [0.15, 0.2) is 24.3 Å². The number of carbonyl (C=O) groups is 2. The van der Waals surface area contributed by atoms with Crippen molar-refractivity contribution in [2.75, 3.05) is 13.2 Å². The van der Waals surface area contributed by atoms with Crippen molar-refractivity contribution >= 4 is 11.8 Å². The summed E-state index contributed by atoms with van der Waals surface area (Å²) in [7, 11) is 0. The van der Waals surface area contributed by atoms with Crippen LogP contribution < -0.4 is 5.32 Å². The molecule has 1 spiro atoms. The molecule has 138 valence electrons. The highest BCUT2D eigenvalue weighted by Gasteiger charge is 2.53. The predicted molar refractivity (Wildman–Crippen MR) is 94.5 cm³/mol. The molecule has 1 unspecified atom stereocenters. The van der Waals surface area contributed by atoms with E-state index in [1.807, 2.05) is 0 Å². The summed E-state index contributed by atoms with van der Waals surface area (Å²) in [4.78, 5) is 27.2. The summed E-state index contributed by atoms with van der Waals surface area (Å²) in [5, 5.41) is 2.61. The van der Waals surface area contributed by atoms with Gasteiger partial charge < -0.3 is 10.1 Å². The second-order valence-electron chi connectivity index (χ2n) is 7.03. The third-order valence-corrected chi connectivity index (χ3v) is 5.31. The molecule has 1 aromatic rings. The number of hydrogen-bond donors (Lipinski definition) is 1. The number of carbonyl (C=O) groups excluding carboxylic acids is 2. The lowest BCUT2D eigenvalue weighted by Crippen LogP contribution is -2.57. The number of rotatable bonds is 3. The van der Waals surface area contributed by atoms with E-state index in [4.69, 9.17) is 11.2 Å². The van der Waals surface area contributed by atoms with Crippen LogP contribution in [0.1, 0.15) is 43.0 Å². The van der Waals surface area contributed by atoms with Crippen molar-refractivity contribution in [1.29, 1.82) is 0 Å². The minimum absolute atomic E-state index is 0.0502. The number of amides is 2. The van der Waals surface area contributed by atoms with Gasteiger partial charge in [0.05, 0.1) is 18.7 Å². The molecule has 3 rings (SSSR count). The van der Waals surface area contributed by atoms with Crippen molar-refractivity contribution in [1.82, 2.24) is 10.2 Å². The van der Waals surface area contributed by atoms with Crippen LogP contribution in [0, 0.1) is 24.1 Å². The number of ether oxygens (including phenoxy) is 1. The van der Waals surface area contributed by atoms with Crippen LogP contribution in [0.5, 0.6) is 0 Å². The molecule has 2 aliphatic rings. The first-order chi connectivity index (χ1) is 12.5. The second kappa shape index (κ2) is 7.46. The van der Waals surface area contributed by atoms with Gasteiger partial charge in [0.25, 0.3) is 5.91 Å². The summed E-state index contributed by atoms with van der Waals surface area (Å²) in [5.74, 6) is 1.38. The largest absolute Gasteiger partial charge is 0.353 e. The molecule has 1 N–H and O–H groups in total. The molecule has 0 aromatic heterocycles. The Morgan fingerprint density at radius 3 is 2.73 bits per heavy atom. The van der Waals surface area contributed by atoms with Gasteiger partial charge >= 0.3 is 0 Å². The van der Waals surface area contributed by atoms with Gasteiger partial charge in [-0.1, -0.05) is 25.0 Å². The normalized spacial score (nSPS) is 28.0. The first-order valence-electron chi connectivity index (χ1n) is 8.92. The lowest BCUT2D eigenvalue weighted by Gasteiger charge is -2.43.